The van der Waals surface area contributed by atoms with Crippen LogP contribution in [0, 0.1) is 31.0 Å². The van der Waals surface area contributed by atoms with Crippen molar-refractivity contribution in [2.75, 3.05) is 18.2 Å². The van der Waals surface area contributed by atoms with Crippen molar-refractivity contribution >= 4 is 21.2 Å². The third-order valence-corrected chi connectivity index (χ3v) is 7.14. The molecule has 8 nitrogen and oxygen atoms in total. The molecule has 35 heavy (non-hydrogen) atoms. The minimum absolute atomic E-state index is 0.0823. The fourth-order valence-electron chi connectivity index (χ4n) is 4.55. The van der Waals surface area contributed by atoms with Gasteiger partial charge in [-0.1, -0.05) is 6.07 Å². The fourth-order valence-corrected chi connectivity index (χ4v) is 5.35. The van der Waals surface area contributed by atoms with Crippen LogP contribution in [0.15, 0.2) is 41.7 Å². The molecule has 1 N–H and O–H groups in total. The van der Waals surface area contributed by atoms with E-state index in [0.717, 1.165) is 17.5 Å². The van der Waals surface area contributed by atoms with Gasteiger partial charge in [0.15, 0.2) is 14.9 Å². The summed E-state index contributed by atoms with van der Waals surface area (Å²) in [5, 5.41) is 13.0. The molecule has 0 fully saturated rings. The molecular formula is C25H22FN5O3S. The van der Waals surface area contributed by atoms with Crippen molar-refractivity contribution < 1.29 is 17.5 Å². The van der Waals surface area contributed by atoms with E-state index in [9.17, 15) is 18.1 Å². The zero-order chi connectivity index (χ0) is 24.9. The van der Waals surface area contributed by atoms with Gasteiger partial charge in [0.25, 0.3) is 0 Å². The van der Waals surface area contributed by atoms with Crippen molar-refractivity contribution in [1.29, 1.82) is 5.26 Å². The number of ether oxygens (including phenoxy) is 1. The highest BCUT2D eigenvalue weighted by Crippen LogP contribution is 2.36. The standard InChI is InChI=1S/C25H22FN5O3S/c1-14-4-5-17(15(2)30-14)19-10-16(11-27)24(31-13-29-25(23(19)31)35(3,32)33)28-12-20-18-8-9-34-22(18)7-6-21(20)26/h4-7,10,13,28H,8-9,12H2,1-3H3. The zero-order valence-corrected chi connectivity index (χ0v) is 20.2. The Kier molecular flexibility index (Phi) is 5.44. The lowest BCUT2D eigenvalue weighted by atomic mass is 10.0. The number of aromatic nitrogens is 3. The first-order valence-corrected chi connectivity index (χ1v) is 12.8. The van der Waals surface area contributed by atoms with Gasteiger partial charge in [0.2, 0.25) is 0 Å². The Morgan fingerprint density at radius 1 is 1.23 bits per heavy atom. The molecule has 0 unspecified atom stereocenters. The summed E-state index contributed by atoms with van der Waals surface area (Å²) in [6.07, 6.45) is 3.05. The number of aryl methyl sites for hydroxylation is 2. The van der Waals surface area contributed by atoms with E-state index < -0.39 is 9.84 Å². The van der Waals surface area contributed by atoms with Crippen LogP contribution >= 0.6 is 0 Å². The number of anilines is 1. The Labute approximate surface area is 201 Å². The Morgan fingerprint density at radius 3 is 2.74 bits per heavy atom. The number of nitrogens with zero attached hydrogens (tertiary/aromatic N) is 4. The number of pyridine rings is 2. The monoisotopic (exact) mass is 491 g/mol. The molecule has 1 aliphatic heterocycles. The molecule has 0 radical (unpaired) electrons. The molecule has 0 amide bonds. The number of nitriles is 1. The van der Waals surface area contributed by atoms with Crippen LogP contribution in [0.2, 0.25) is 0 Å². The van der Waals surface area contributed by atoms with Crippen LogP contribution in [-0.4, -0.2) is 35.6 Å². The van der Waals surface area contributed by atoms with Crippen LogP contribution in [0.3, 0.4) is 0 Å². The number of imidazole rings is 1. The summed E-state index contributed by atoms with van der Waals surface area (Å²) in [5.74, 6) is 0.591. The number of nitrogens with one attached hydrogen (secondary N) is 1. The van der Waals surface area contributed by atoms with E-state index in [0.29, 0.717) is 52.5 Å². The average molecular weight is 492 g/mol. The molecule has 0 spiro atoms. The number of sulfone groups is 1. The fraction of sp³-hybridized carbons (Fsp3) is 0.240. The van der Waals surface area contributed by atoms with Crippen LogP contribution < -0.4 is 10.1 Å². The van der Waals surface area contributed by atoms with Crippen molar-refractivity contribution in [2.45, 2.75) is 31.8 Å². The molecule has 4 heterocycles. The first kappa shape index (κ1) is 22.8. The molecule has 178 valence electrons. The Bertz CT molecular complexity index is 1650. The molecule has 5 rings (SSSR count). The van der Waals surface area contributed by atoms with Gasteiger partial charge in [0, 0.05) is 52.9 Å². The second-order valence-corrected chi connectivity index (χ2v) is 10.4. The van der Waals surface area contributed by atoms with Crippen molar-refractivity contribution in [1.82, 2.24) is 14.4 Å². The van der Waals surface area contributed by atoms with E-state index in [1.165, 1.54) is 12.4 Å². The largest absolute Gasteiger partial charge is 0.493 e. The van der Waals surface area contributed by atoms with Crippen molar-refractivity contribution in [3.8, 4) is 22.9 Å². The smallest absolute Gasteiger partial charge is 0.194 e. The molecule has 0 saturated heterocycles. The molecule has 0 aliphatic carbocycles. The van der Waals surface area contributed by atoms with Crippen LogP contribution in [-0.2, 0) is 22.8 Å². The number of rotatable bonds is 5. The molecular weight excluding hydrogens is 469 g/mol. The number of halogens is 1. The Morgan fingerprint density at radius 2 is 2.03 bits per heavy atom. The summed E-state index contributed by atoms with van der Waals surface area (Å²) in [6, 6.07) is 10.5. The van der Waals surface area contributed by atoms with Crippen molar-refractivity contribution in [3.63, 3.8) is 0 Å². The van der Waals surface area contributed by atoms with Crippen LogP contribution in [0.5, 0.6) is 5.75 Å². The van der Waals surface area contributed by atoms with E-state index in [1.807, 2.05) is 26.0 Å². The lowest BCUT2D eigenvalue weighted by Crippen LogP contribution is -2.10. The molecule has 1 aromatic carbocycles. The maximum absolute atomic E-state index is 14.7. The quantitative estimate of drug-likeness (QED) is 0.450. The summed E-state index contributed by atoms with van der Waals surface area (Å²) in [6.45, 7) is 4.26. The molecule has 0 atom stereocenters. The van der Waals surface area contributed by atoms with Gasteiger partial charge < -0.3 is 10.1 Å². The summed E-state index contributed by atoms with van der Waals surface area (Å²) < 4.78 is 47.0. The van der Waals surface area contributed by atoms with E-state index in [4.69, 9.17) is 4.74 Å². The lowest BCUT2D eigenvalue weighted by Gasteiger charge is -2.17. The van der Waals surface area contributed by atoms with Gasteiger partial charge in [-0.3, -0.25) is 9.38 Å². The maximum Gasteiger partial charge on any atom is 0.194 e. The van der Waals surface area contributed by atoms with Gasteiger partial charge in [0.1, 0.15) is 29.8 Å². The summed E-state index contributed by atoms with van der Waals surface area (Å²) >= 11 is 0. The van der Waals surface area contributed by atoms with E-state index in [-0.39, 0.29) is 23.0 Å². The van der Waals surface area contributed by atoms with Crippen LogP contribution in [0.4, 0.5) is 10.2 Å². The predicted octanol–water partition coefficient (Wildman–Crippen LogP) is 3.97. The van der Waals surface area contributed by atoms with E-state index >= 15 is 0 Å². The number of fused-ring (bicyclic) bond motifs is 2. The number of hydrogen-bond acceptors (Lipinski definition) is 7. The molecule has 0 saturated carbocycles. The minimum atomic E-state index is -3.70. The molecule has 0 bridgehead atoms. The van der Waals surface area contributed by atoms with Gasteiger partial charge in [-0.15, -0.1) is 0 Å². The lowest BCUT2D eigenvalue weighted by molar-refractivity contribution is 0.356. The molecule has 1 aliphatic rings. The second-order valence-electron chi connectivity index (χ2n) is 8.51. The van der Waals surface area contributed by atoms with Crippen LogP contribution in [0.25, 0.3) is 16.6 Å². The minimum Gasteiger partial charge on any atom is -0.493 e. The highest BCUT2D eigenvalue weighted by molar-refractivity contribution is 7.90. The SMILES string of the molecule is Cc1ccc(-c2cc(C#N)c(NCc3c(F)ccc4c3CCO4)n3cnc(S(C)(=O)=O)c23)c(C)n1. The third kappa shape index (κ3) is 3.88. The second kappa shape index (κ2) is 8.36. The molecule has 3 aromatic heterocycles. The van der Waals surface area contributed by atoms with Gasteiger partial charge in [-0.25, -0.2) is 17.8 Å². The summed E-state index contributed by atoms with van der Waals surface area (Å²) in [5.41, 5.74) is 4.54. The Balaban J connectivity index is 1.71. The highest BCUT2D eigenvalue weighted by Gasteiger charge is 2.25. The van der Waals surface area contributed by atoms with Gasteiger partial charge >= 0.3 is 0 Å². The summed E-state index contributed by atoms with van der Waals surface area (Å²) in [4.78, 5) is 8.68. The van der Waals surface area contributed by atoms with Gasteiger partial charge in [0.05, 0.1) is 17.7 Å². The van der Waals surface area contributed by atoms with E-state index in [2.05, 4.69) is 21.4 Å². The van der Waals surface area contributed by atoms with Crippen molar-refractivity contribution in [3.05, 3.63) is 70.6 Å². The number of benzene rings is 1. The first-order valence-electron chi connectivity index (χ1n) is 10.9. The normalized spacial score (nSPS) is 12.9. The van der Waals surface area contributed by atoms with Crippen molar-refractivity contribution in [2.24, 2.45) is 0 Å². The Hall–Kier alpha value is -3.97. The molecule has 10 heteroatoms. The third-order valence-electron chi connectivity index (χ3n) is 6.13. The van der Waals surface area contributed by atoms with Crippen LogP contribution in [0.1, 0.15) is 28.1 Å². The van der Waals surface area contributed by atoms with Gasteiger partial charge in [-0.2, -0.15) is 5.26 Å². The maximum atomic E-state index is 14.7. The van der Waals surface area contributed by atoms with E-state index in [1.54, 1.807) is 16.5 Å². The van der Waals surface area contributed by atoms with Gasteiger partial charge in [-0.05, 0) is 38.1 Å². The summed E-state index contributed by atoms with van der Waals surface area (Å²) in [7, 11) is -3.70. The average Bonchev–Trinajstić information content (AvgIpc) is 3.46. The zero-order valence-electron chi connectivity index (χ0n) is 19.4. The predicted molar refractivity (Wildman–Crippen MR) is 129 cm³/mol. The topological polar surface area (TPSA) is 109 Å². The first-order chi connectivity index (χ1) is 16.7. The highest BCUT2D eigenvalue weighted by atomic mass is 32.2. The molecule has 4 aromatic rings. The number of hydrogen-bond donors (Lipinski definition) is 1.